The van der Waals surface area contributed by atoms with E-state index < -0.39 is 0 Å². The van der Waals surface area contributed by atoms with Gasteiger partial charge < -0.3 is 15.7 Å². The van der Waals surface area contributed by atoms with Crippen LogP contribution in [0.2, 0.25) is 0 Å². The van der Waals surface area contributed by atoms with Gasteiger partial charge in [-0.25, -0.2) is 0 Å². The molecule has 0 radical (unpaired) electrons. The molecule has 0 spiro atoms. The molecule has 0 saturated heterocycles. The molecule has 0 bridgehead atoms. The Hall–Kier alpha value is -1.55. The summed E-state index contributed by atoms with van der Waals surface area (Å²) in [5.74, 6) is 0.378. The van der Waals surface area contributed by atoms with Gasteiger partial charge in [-0.1, -0.05) is 12.1 Å². The second kappa shape index (κ2) is 7.79. The lowest BCUT2D eigenvalue weighted by Gasteiger charge is -2.28. The number of carbonyl (C=O) groups is 1. The van der Waals surface area contributed by atoms with Crippen LogP contribution in [0.4, 0.5) is 0 Å². The molecule has 1 unspecified atom stereocenters. The second-order valence-electron chi connectivity index (χ2n) is 4.70. The van der Waals surface area contributed by atoms with Crippen LogP contribution >= 0.6 is 0 Å². The minimum absolute atomic E-state index is 0.0255. The van der Waals surface area contributed by atoms with Crippen molar-refractivity contribution in [3.8, 4) is 5.75 Å². The fourth-order valence-corrected chi connectivity index (χ4v) is 2.19. The topological polar surface area (TPSA) is 66.6 Å². The molecular formula is C15H24N2O2. The number of phenols is 1. The molecule has 1 amide bonds. The molecule has 1 aromatic carbocycles. The number of rotatable bonds is 7. The van der Waals surface area contributed by atoms with Crippen molar-refractivity contribution in [3.05, 3.63) is 29.8 Å². The van der Waals surface area contributed by atoms with E-state index in [1.165, 1.54) is 0 Å². The zero-order valence-corrected chi connectivity index (χ0v) is 11.8. The first kappa shape index (κ1) is 15.5. The van der Waals surface area contributed by atoms with Crippen molar-refractivity contribution in [2.45, 2.75) is 39.2 Å². The Labute approximate surface area is 115 Å². The van der Waals surface area contributed by atoms with Gasteiger partial charge in [-0.2, -0.15) is 0 Å². The fraction of sp³-hybridized carbons (Fsp3) is 0.533. The first-order valence-corrected chi connectivity index (χ1v) is 6.88. The Balaban J connectivity index is 2.70. The highest BCUT2D eigenvalue weighted by atomic mass is 16.3. The maximum absolute atomic E-state index is 12.2. The number of amides is 1. The number of nitrogens with zero attached hydrogens (tertiary/aromatic N) is 1. The summed E-state index contributed by atoms with van der Waals surface area (Å²) in [5.41, 5.74) is 6.39. The lowest BCUT2D eigenvalue weighted by molar-refractivity contribution is -0.133. The third-order valence-corrected chi connectivity index (χ3v) is 3.33. The van der Waals surface area contributed by atoms with Crippen LogP contribution in [0.3, 0.4) is 0 Å². The Bertz CT molecular complexity index is 407. The van der Waals surface area contributed by atoms with Gasteiger partial charge in [0.25, 0.3) is 0 Å². The van der Waals surface area contributed by atoms with Gasteiger partial charge in [0.2, 0.25) is 5.91 Å². The Kier molecular flexibility index (Phi) is 6.36. The Morgan fingerprint density at radius 1 is 1.42 bits per heavy atom. The van der Waals surface area contributed by atoms with Crippen molar-refractivity contribution in [2.75, 3.05) is 13.1 Å². The molecule has 1 atom stereocenters. The zero-order valence-electron chi connectivity index (χ0n) is 11.8. The van der Waals surface area contributed by atoms with E-state index in [0.717, 1.165) is 18.4 Å². The highest BCUT2D eigenvalue weighted by Gasteiger charge is 2.19. The summed E-state index contributed by atoms with van der Waals surface area (Å²) in [6.45, 7) is 5.25. The van der Waals surface area contributed by atoms with Crippen LogP contribution in [0.5, 0.6) is 5.75 Å². The van der Waals surface area contributed by atoms with E-state index in [0.29, 0.717) is 19.5 Å². The number of nitrogens with two attached hydrogens (primary N) is 1. The fourth-order valence-electron chi connectivity index (χ4n) is 2.19. The predicted molar refractivity (Wildman–Crippen MR) is 76.8 cm³/mol. The number of phenolic OH excluding ortho intramolecular Hbond substituents is 1. The standard InChI is InChI=1S/C15H24N2O2/c1-3-17(15(19)9-4-5-10-16)12(2)13-7-6-8-14(18)11-13/h6-8,11-12,18H,3-5,9-10,16H2,1-2H3. The molecular weight excluding hydrogens is 240 g/mol. The second-order valence-corrected chi connectivity index (χ2v) is 4.70. The van der Waals surface area contributed by atoms with Crippen LogP contribution in [-0.4, -0.2) is 29.0 Å². The van der Waals surface area contributed by atoms with Crippen molar-refractivity contribution in [1.82, 2.24) is 4.90 Å². The number of carbonyl (C=O) groups excluding carboxylic acids is 1. The Morgan fingerprint density at radius 3 is 2.74 bits per heavy atom. The van der Waals surface area contributed by atoms with Crippen molar-refractivity contribution in [1.29, 1.82) is 0 Å². The number of hydrogen-bond acceptors (Lipinski definition) is 3. The highest BCUT2D eigenvalue weighted by molar-refractivity contribution is 5.76. The summed E-state index contributed by atoms with van der Waals surface area (Å²) in [4.78, 5) is 14.0. The van der Waals surface area contributed by atoms with Crippen molar-refractivity contribution in [2.24, 2.45) is 5.73 Å². The number of benzene rings is 1. The van der Waals surface area contributed by atoms with Crippen molar-refractivity contribution >= 4 is 5.91 Å². The van der Waals surface area contributed by atoms with Crippen LogP contribution in [-0.2, 0) is 4.79 Å². The van der Waals surface area contributed by atoms with E-state index in [4.69, 9.17) is 5.73 Å². The van der Waals surface area contributed by atoms with E-state index in [9.17, 15) is 9.90 Å². The molecule has 106 valence electrons. The monoisotopic (exact) mass is 264 g/mol. The highest BCUT2D eigenvalue weighted by Crippen LogP contribution is 2.24. The van der Waals surface area contributed by atoms with E-state index in [2.05, 4.69) is 0 Å². The van der Waals surface area contributed by atoms with Crippen LogP contribution in [0.25, 0.3) is 0 Å². The first-order chi connectivity index (χ1) is 9.10. The van der Waals surface area contributed by atoms with Crippen LogP contribution in [0.1, 0.15) is 44.7 Å². The zero-order chi connectivity index (χ0) is 14.3. The molecule has 0 aromatic heterocycles. The summed E-state index contributed by atoms with van der Waals surface area (Å²) in [5, 5.41) is 9.51. The molecule has 0 aliphatic carbocycles. The maximum atomic E-state index is 12.2. The Morgan fingerprint density at radius 2 is 2.16 bits per heavy atom. The molecule has 0 aliphatic heterocycles. The maximum Gasteiger partial charge on any atom is 0.223 e. The molecule has 1 rings (SSSR count). The van der Waals surface area contributed by atoms with Gasteiger partial charge in [-0.3, -0.25) is 4.79 Å². The average Bonchev–Trinajstić information content (AvgIpc) is 2.39. The predicted octanol–water partition coefficient (Wildman–Crippen LogP) is 2.43. The molecule has 19 heavy (non-hydrogen) atoms. The summed E-state index contributed by atoms with van der Waals surface area (Å²) in [6, 6.07) is 7.05. The summed E-state index contributed by atoms with van der Waals surface area (Å²) in [7, 11) is 0. The third kappa shape index (κ3) is 4.56. The quantitative estimate of drug-likeness (QED) is 0.743. The van der Waals surface area contributed by atoms with Gasteiger partial charge in [0.05, 0.1) is 6.04 Å². The SMILES string of the molecule is CCN(C(=O)CCCCN)C(C)c1cccc(O)c1. The largest absolute Gasteiger partial charge is 0.508 e. The van der Waals surface area contributed by atoms with Crippen molar-refractivity contribution < 1.29 is 9.90 Å². The normalized spacial score (nSPS) is 12.2. The van der Waals surface area contributed by atoms with E-state index >= 15 is 0 Å². The average molecular weight is 264 g/mol. The van der Waals surface area contributed by atoms with Crippen LogP contribution in [0, 0.1) is 0 Å². The lowest BCUT2D eigenvalue weighted by atomic mass is 10.1. The molecule has 0 aliphatic rings. The van der Waals surface area contributed by atoms with Gasteiger partial charge in [0, 0.05) is 13.0 Å². The van der Waals surface area contributed by atoms with Gasteiger partial charge in [-0.15, -0.1) is 0 Å². The van der Waals surface area contributed by atoms with Crippen LogP contribution < -0.4 is 5.73 Å². The summed E-state index contributed by atoms with van der Waals surface area (Å²) < 4.78 is 0. The summed E-state index contributed by atoms with van der Waals surface area (Å²) in [6.07, 6.45) is 2.25. The minimum atomic E-state index is -0.0255. The molecule has 0 fully saturated rings. The molecule has 0 saturated carbocycles. The molecule has 0 heterocycles. The third-order valence-electron chi connectivity index (χ3n) is 3.33. The van der Waals surface area contributed by atoms with Gasteiger partial charge in [0.15, 0.2) is 0 Å². The number of unbranched alkanes of at least 4 members (excludes halogenated alkanes) is 1. The molecule has 4 nitrogen and oxygen atoms in total. The van der Waals surface area contributed by atoms with Crippen LogP contribution in [0.15, 0.2) is 24.3 Å². The molecule has 3 N–H and O–H groups in total. The summed E-state index contributed by atoms with van der Waals surface area (Å²) >= 11 is 0. The van der Waals surface area contributed by atoms with Gasteiger partial charge in [-0.05, 0) is 50.9 Å². The molecule has 4 heteroatoms. The van der Waals surface area contributed by atoms with E-state index in [1.807, 2.05) is 24.8 Å². The van der Waals surface area contributed by atoms with E-state index in [-0.39, 0.29) is 17.7 Å². The lowest BCUT2D eigenvalue weighted by Crippen LogP contribution is -2.33. The number of aromatic hydroxyl groups is 1. The van der Waals surface area contributed by atoms with Gasteiger partial charge in [0.1, 0.15) is 5.75 Å². The van der Waals surface area contributed by atoms with E-state index in [1.54, 1.807) is 18.2 Å². The number of hydrogen-bond donors (Lipinski definition) is 2. The molecule has 1 aromatic rings. The first-order valence-electron chi connectivity index (χ1n) is 6.88. The smallest absolute Gasteiger partial charge is 0.223 e. The van der Waals surface area contributed by atoms with Crippen molar-refractivity contribution in [3.63, 3.8) is 0 Å². The van der Waals surface area contributed by atoms with Gasteiger partial charge >= 0.3 is 0 Å². The minimum Gasteiger partial charge on any atom is -0.508 e.